The summed E-state index contributed by atoms with van der Waals surface area (Å²) in [6.07, 6.45) is 2.56. The van der Waals surface area contributed by atoms with Gasteiger partial charge in [0.2, 0.25) is 5.78 Å². The Labute approximate surface area is 273 Å². The van der Waals surface area contributed by atoms with Gasteiger partial charge in [-0.15, -0.1) is 34.0 Å². The predicted octanol–water partition coefficient (Wildman–Crippen LogP) is 7.25. The van der Waals surface area contributed by atoms with Crippen LogP contribution in [0, 0.1) is 0 Å². The summed E-state index contributed by atoms with van der Waals surface area (Å²) in [7, 11) is 0. The molecule has 0 spiro atoms. The number of anilines is 2. The number of thiophene rings is 3. The van der Waals surface area contributed by atoms with Gasteiger partial charge in [-0.3, -0.25) is 14.5 Å². The summed E-state index contributed by atoms with van der Waals surface area (Å²) in [4.78, 5) is 30.9. The van der Waals surface area contributed by atoms with Crippen molar-refractivity contribution in [1.82, 2.24) is 4.90 Å². The van der Waals surface area contributed by atoms with Crippen LogP contribution in [0.25, 0.3) is 0 Å². The number of benzene rings is 2. The summed E-state index contributed by atoms with van der Waals surface area (Å²) in [6, 6.07) is 21.1. The van der Waals surface area contributed by atoms with E-state index in [1.165, 1.54) is 38.7 Å². The molecule has 6 nitrogen and oxygen atoms in total. The van der Waals surface area contributed by atoms with Gasteiger partial charge in [0.05, 0.1) is 32.1 Å². The molecule has 0 bridgehead atoms. The fraction of sp³-hybridized carbons (Fsp3) is 0.235. The van der Waals surface area contributed by atoms with Gasteiger partial charge >= 0.3 is 0 Å². The summed E-state index contributed by atoms with van der Waals surface area (Å²) in [5, 5.41) is 13.5. The van der Waals surface area contributed by atoms with Gasteiger partial charge in [0.1, 0.15) is 0 Å². The number of hydrogen-bond acceptors (Lipinski definition) is 9. The Morgan fingerprint density at radius 1 is 0.864 bits per heavy atom. The molecule has 3 aromatic heterocycles. The minimum absolute atomic E-state index is 0.0620. The number of aliphatic hydroxyl groups excluding tert-OH is 1. The lowest BCUT2D eigenvalue weighted by molar-refractivity contribution is 0.103. The molecule has 5 aromatic rings. The lowest BCUT2D eigenvalue weighted by Gasteiger charge is -2.27. The maximum absolute atomic E-state index is 12.8. The van der Waals surface area contributed by atoms with Crippen LogP contribution in [-0.2, 0) is 32.4 Å². The number of hydrogen-bond donors (Lipinski definition) is 3. The van der Waals surface area contributed by atoms with E-state index in [-0.39, 0.29) is 17.7 Å². The van der Waals surface area contributed by atoms with Crippen LogP contribution >= 0.6 is 45.6 Å². The monoisotopic (exact) mass is 661 g/mol. The first-order chi connectivity index (χ1) is 21.3. The molecule has 0 radical (unpaired) electrons. The van der Waals surface area contributed by atoms with E-state index in [4.69, 9.17) is 23.1 Å². The second kappa shape index (κ2) is 13.4. The van der Waals surface area contributed by atoms with E-state index in [2.05, 4.69) is 29.2 Å². The average Bonchev–Trinajstić information content (AvgIpc) is 3.74. The zero-order valence-corrected chi connectivity index (χ0v) is 27.1. The molecule has 0 saturated heterocycles. The van der Waals surface area contributed by atoms with Crippen molar-refractivity contribution in [3.63, 3.8) is 0 Å². The number of nitrogens with two attached hydrogens (primary N) is 2. The minimum Gasteiger partial charge on any atom is -0.393 e. The summed E-state index contributed by atoms with van der Waals surface area (Å²) < 4.78 is 0. The highest BCUT2D eigenvalue weighted by molar-refractivity contribution is 7.17. The highest BCUT2D eigenvalue weighted by Gasteiger charge is 2.29. The van der Waals surface area contributed by atoms with Gasteiger partial charge < -0.3 is 16.6 Å². The number of ketones is 2. The van der Waals surface area contributed by atoms with Crippen molar-refractivity contribution in [2.75, 3.05) is 18.0 Å². The summed E-state index contributed by atoms with van der Waals surface area (Å²) in [5.41, 5.74) is 17.7. The lowest BCUT2D eigenvalue weighted by Crippen LogP contribution is -2.29. The van der Waals surface area contributed by atoms with Crippen molar-refractivity contribution in [2.24, 2.45) is 0 Å². The highest BCUT2D eigenvalue weighted by atomic mass is 35.5. The van der Waals surface area contributed by atoms with E-state index < -0.39 is 0 Å². The number of halogens is 1. The molecular formula is C34H32ClN3O3S3. The Hall–Kier alpha value is -3.31. The van der Waals surface area contributed by atoms with Crippen molar-refractivity contribution in [2.45, 2.75) is 44.9 Å². The molecule has 0 saturated carbocycles. The van der Waals surface area contributed by atoms with Gasteiger partial charge in [-0.05, 0) is 71.7 Å². The Balaban J connectivity index is 0.000000159. The topological polar surface area (TPSA) is 110 Å². The summed E-state index contributed by atoms with van der Waals surface area (Å²) >= 11 is 10.3. The minimum atomic E-state index is -0.320. The summed E-state index contributed by atoms with van der Waals surface area (Å²) in [6.45, 7) is 2.77. The second-order valence-electron chi connectivity index (χ2n) is 11.0. The molecular weight excluding hydrogens is 630 g/mol. The largest absolute Gasteiger partial charge is 0.393 e. The maximum atomic E-state index is 12.8. The van der Waals surface area contributed by atoms with Crippen molar-refractivity contribution in [1.29, 1.82) is 0 Å². The summed E-state index contributed by atoms with van der Waals surface area (Å²) in [5.74, 6) is 0.0181. The Kier molecular flexibility index (Phi) is 9.32. The number of rotatable bonds is 6. The van der Waals surface area contributed by atoms with Crippen LogP contribution in [0.1, 0.15) is 64.0 Å². The first-order valence-corrected chi connectivity index (χ1v) is 17.3. The molecule has 7 rings (SSSR count). The van der Waals surface area contributed by atoms with Crippen LogP contribution < -0.4 is 11.5 Å². The number of nitrogens with zero attached hydrogens (tertiary/aromatic N) is 1. The Morgan fingerprint density at radius 3 is 2.25 bits per heavy atom. The third-order valence-corrected chi connectivity index (χ3v) is 11.2. The Morgan fingerprint density at radius 2 is 1.55 bits per heavy atom. The zero-order chi connectivity index (χ0) is 30.8. The van der Waals surface area contributed by atoms with Crippen molar-refractivity contribution >= 4 is 67.2 Å². The first kappa shape index (κ1) is 30.7. The normalized spacial score (nSPS) is 16.0. The van der Waals surface area contributed by atoms with Crippen molar-refractivity contribution in [3.05, 3.63) is 125 Å². The molecule has 1 unspecified atom stereocenters. The molecule has 10 heteroatoms. The fourth-order valence-corrected chi connectivity index (χ4v) is 8.96. The SMILES string of the molecule is Nc1sc2c(c1C(=O)c1ccc(Cl)cc1)CCC(O)C2.Nc1sc2c(c1C(=O)c1cccs1)CCN(Cc1ccccc1)C2. The number of fused-ring (bicyclic) bond motifs is 2. The average molecular weight is 662 g/mol. The van der Waals surface area contributed by atoms with E-state index in [9.17, 15) is 14.7 Å². The van der Waals surface area contributed by atoms with Crippen LogP contribution in [0.2, 0.25) is 5.02 Å². The fourth-order valence-electron chi connectivity index (χ4n) is 5.82. The van der Waals surface area contributed by atoms with Crippen LogP contribution in [0.5, 0.6) is 0 Å². The standard InChI is InChI=1S/C19H18N2OS2.C15H14ClNO2S/c20-19-17(18(22)15-7-4-10-23-15)14-8-9-21(12-16(14)24-19)11-13-5-2-1-3-6-13;16-9-3-1-8(2-4-9)14(19)13-11-6-5-10(18)7-12(11)20-15(13)17/h1-7,10H,8-9,11-12,20H2;1-4,10,18H,5-7,17H2. The van der Waals surface area contributed by atoms with Gasteiger partial charge in [-0.25, -0.2) is 0 Å². The molecule has 2 aromatic carbocycles. The van der Waals surface area contributed by atoms with Gasteiger partial charge in [0.25, 0.3) is 0 Å². The molecule has 226 valence electrons. The maximum Gasteiger partial charge on any atom is 0.206 e. The molecule has 0 amide bonds. The quantitative estimate of drug-likeness (QED) is 0.166. The van der Waals surface area contributed by atoms with E-state index >= 15 is 0 Å². The molecule has 44 heavy (non-hydrogen) atoms. The first-order valence-electron chi connectivity index (χ1n) is 14.4. The van der Waals surface area contributed by atoms with E-state index in [0.717, 1.165) is 46.9 Å². The van der Waals surface area contributed by atoms with Crippen molar-refractivity contribution in [3.8, 4) is 0 Å². The lowest BCUT2D eigenvalue weighted by atomic mass is 9.90. The molecule has 0 fully saturated rings. The van der Waals surface area contributed by atoms with E-state index in [1.807, 2.05) is 23.6 Å². The van der Waals surface area contributed by atoms with Gasteiger partial charge in [0.15, 0.2) is 5.78 Å². The number of aliphatic hydroxyl groups is 1. The van der Waals surface area contributed by atoms with Crippen molar-refractivity contribution < 1.29 is 14.7 Å². The third-order valence-electron chi connectivity index (χ3n) is 7.98. The van der Waals surface area contributed by atoms with E-state index in [0.29, 0.717) is 45.4 Å². The molecule has 1 aliphatic heterocycles. The predicted molar refractivity (Wildman–Crippen MR) is 182 cm³/mol. The van der Waals surface area contributed by atoms with E-state index in [1.54, 1.807) is 35.6 Å². The number of carbonyl (C=O) groups is 2. The molecule has 1 atom stereocenters. The van der Waals surface area contributed by atoms with Gasteiger partial charge in [-0.2, -0.15) is 0 Å². The van der Waals surface area contributed by atoms with Crippen LogP contribution in [0.3, 0.4) is 0 Å². The smallest absolute Gasteiger partial charge is 0.206 e. The Bertz CT molecular complexity index is 1780. The zero-order valence-electron chi connectivity index (χ0n) is 23.9. The number of nitrogen functional groups attached to an aromatic ring is 2. The highest BCUT2D eigenvalue weighted by Crippen LogP contribution is 2.38. The van der Waals surface area contributed by atoms with Crippen LogP contribution in [0.4, 0.5) is 10.0 Å². The molecule has 2 aliphatic rings. The second-order valence-corrected chi connectivity index (χ2v) is 14.6. The third kappa shape index (κ3) is 6.54. The van der Waals surface area contributed by atoms with Gasteiger partial charge in [0, 0.05) is 46.4 Å². The van der Waals surface area contributed by atoms with Crippen LogP contribution in [-0.4, -0.2) is 34.2 Å². The molecule has 5 N–H and O–H groups in total. The van der Waals surface area contributed by atoms with Gasteiger partial charge in [-0.1, -0.05) is 48.0 Å². The molecule has 4 heterocycles. The number of carbonyl (C=O) groups excluding carboxylic acids is 2. The molecule has 1 aliphatic carbocycles. The van der Waals surface area contributed by atoms with Crippen LogP contribution in [0.15, 0.2) is 72.1 Å².